The zero-order chi connectivity index (χ0) is 13.7. The fraction of sp³-hybridized carbons (Fsp3) is 0.933. The van der Waals surface area contributed by atoms with E-state index in [1.807, 2.05) is 11.8 Å². The second kappa shape index (κ2) is 6.71. The summed E-state index contributed by atoms with van der Waals surface area (Å²) in [6.45, 7) is 4.37. The van der Waals surface area contributed by atoms with Crippen LogP contribution in [0.2, 0.25) is 0 Å². The minimum atomic E-state index is -0.242. The molecule has 0 aromatic rings. The van der Waals surface area contributed by atoms with Crippen molar-refractivity contribution in [2.45, 2.75) is 69.9 Å². The Labute approximate surface area is 116 Å². The summed E-state index contributed by atoms with van der Waals surface area (Å²) >= 11 is 0. The molecular formula is C15H28N2O2. The van der Waals surface area contributed by atoms with Crippen LogP contribution in [0.25, 0.3) is 0 Å². The van der Waals surface area contributed by atoms with Gasteiger partial charge >= 0.3 is 0 Å². The molecule has 2 N–H and O–H groups in total. The Morgan fingerprint density at radius 1 is 1.32 bits per heavy atom. The van der Waals surface area contributed by atoms with Gasteiger partial charge in [-0.2, -0.15) is 0 Å². The lowest BCUT2D eigenvalue weighted by Gasteiger charge is -2.37. The summed E-state index contributed by atoms with van der Waals surface area (Å²) in [6, 6.07) is 0. The normalized spacial score (nSPS) is 27.3. The summed E-state index contributed by atoms with van der Waals surface area (Å²) in [7, 11) is 0. The first-order valence-corrected chi connectivity index (χ1v) is 7.81. The molecule has 1 saturated heterocycles. The molecule has 2 aliphatic rings. The highest BCUT2D eigenvalue weighted by molar-refractivity contribution is 5.77. The monoisotopic (exact) mass is 268 g/mol. The third kappa shape index (κ3) is 4.18. The van der Waals surface area contributed by atoms with E-state index in [4.69, 9.17) is 10.5 Å². The lowest BCUT2D eigenvalue weighted by molar-refractivity contribution is -0.136. The third-order valence-corrected chi connectivity index (χ3v) is 4.49. The second-order valence-corrected chi connectivity index (χ2v) is 6.16. The number of likely N-dealkylation sites (tertiary alicyclic amines) is 1. The molecule has 4 heteroatoms. The van der Waals surface area contributed by atoms with Crippen LogP contribution in [-0.4, -0.2) is 42.1 Å². The van der Waals surface area contributed by atoms with E-state index in [1.165, 1.54) is 19.3 Å². The zero-order valence-corrected chi connectivity index (χ0v) is 12.2. The molecule has 1 unspecified atom stereocenters. The Morgan fingerprint density at radius 3 is 2.74 bits per heavy atom. The van der Waals surface area contributed by atoms with E-state index in [-0.39, 0.29) is 17.6 Å². The van der Waals surface area contributed by atoms with E-state index in [2.05, 4.69) is 0 Å². The lowest BCUT2D eigenvalue weighted by atomic mass is 9.80. The maximum absolute atomic E-state index is 12.4. The van der Waals surface area contributed by atoms with Crippen molar-refractivity contribution in [1.29, 1.82) is 0 Å². The number of hydrogen-bond acceptors (Lipinski definition) is 3. The molecule has 0 aromatic heterocycles. The van der Waals surface area contributed by atoms with Crippen LogP contribution in [0.5, 0.6) is 0 Å². The Bertz CT molecular complexity index is 299. The highest BCUT2D eigenvalue weighted by Crippen LogP contribution is 2.29. The average Bonchev–Trinajstić information content (AvgIpc) is 2.40. The molecule has 0 aromatic carbocycles. The van der Waals surface area contributed by atoms with Gasteiger partial charge in [0.15, 0.2) is 0 Å². The molecule has 4 nitrogen and oxygen atoms in total. The van der Waals surface area contributed by atoms with Crippen molar-refractivity contribution in [3.63, 3.8) is 0 Å². The van der Waals surface area contributed by atoms with Crippen molar-refractivity contribution in [3.05, 3.63) is 0 Å². The Balaban J connectivity index is 1.84. The maximum Gasteiger partial charge on any atom is 0.224 e. The molecule has 1 atom stereocenters. The number of ether oxygens (including phenoxy) is 1. The SMILES string of the molecule is CCOC1CCCN(C(=O)CC2(N)CCCCC2)C1. The van der Waals surface area contributed by atoms with Gasteiger partial charge in [0, 0.05) is 31.7 Å². The van der Waals surface area contributed by atoms with Gasteiger partial charge in [0.25, 0.3) is 0 Å². The fourth-order valence-corrected chi connectivity index (χ4v) is 3.38. The largest absolute Gasteiger partial charge is 0.377 e. The van der Waals surface area contributed by atoms with Crippen molar-refractivity contribution in [2.24, 2.45) is 5.73 Å². The van der Waals surface area contributed by atoms with Crippen LogP contribution < -0.4 is 5.73 Å². The summed E-state index contributed by atoms with van der Waals surface area (Å²) in [5.74, 6) is 0.230. The summed E-state index contributed by atoms with van der Waals surface area (Å²) in [6.07, 6.45) is 8.48. The van der Waals surface area contributed by atoms with Crippen LogP contribution >= 0.6 is 0 Å². The number of rotatable bonds is 4. The molecule has 1 aliphatic carbocycles. The molecule has 2 fully saturated rings. The molecule has 19 heavy (non-hydrogen) atoms. The minimum absolute atomic E-state index is 0.225. The van der Waals surface area contributed by atoms with Crippen LogP contribution in [0, 0.1) is 0 Å². The van der Waals surface area contributed by atoms with Crippen molar-refractivity contribution < 1.29 is 9.53 Å². The van der Waals surface area contributed by atoms with Gasteiger partial charge < -0.3 is 15.4 Å². The van der Waals surface area contributed by atoms with Crippen molar-refractivity contribution in [3.8, 4) is 0 Å². The molecule has 0 spiro atoms. The molecule has 110 valence electrons. The van der Waals surface area contributed by atoms with Gasteiger partial charge in [-0.15, -0.1) is 0 Å². The predicted molar refractivity (Wildman–Crippen MR) is 75.8 cm³/mol. The molecule has 1 aliphatic heterocycles. The number of carbonyl (C=O) groups excluding carboxylic acids is 1. The summed E-state index contributed by atoms with van der Waals surface area (Å²) in [4.78, 5) is 14.4. The number of piperidine rings is 1. The smallest absolute Gasteiger partial charge is 0.224 e. The summed E-state index contributed by atoms with van der Waals surface area (Å²) in [5.41, 5.74) is 6.14. The summed E-state index contributed by atoms with van der Waals surface area (Å²) < 4.78 is 5.65. The topological polar surface area (TPSA) is 55.6 Å². The highest BCUT2D eigenvalue weighted by atomic mass is 16.5. The van der Waals surface area contributed by atoms with Gasteiger partial charge in [-0.1, -0.05) is 19.3 Å². The van der Waals surface area contributed by atoms with Crippen molar-refractivity contribution >= 4 is 5.91 Å². The first kappa shape index (κ1) is 14.8. The minimum Gasteiger partial charge on any atom is -0.377 e. The van der Waals surface area contributed by atoms with Gasteiger partial charge in [0.1, 0.15) is 0 Å². The molecule has 1 amide bonds. The molecule has 0 radical (unpaired) electrons. The van der Waals surface area contributed by atoms with Crippen molar-refractivity contribution in [2.75, 3.05) is 19.7 Å². The van der Waals surface area contributed by atoms with Gasteiger partial charge in [-0.25, -0.2) is 0 Å². The standard InChI is InChI=1S/C15H28N2O2/c1-2-19-13-7-6-10-17(12-13)14(18)11-15(16)8-4-3-5-9-15/h13H,2-12,16H2,1H3. The first-order chi connectivity index (χ1) is 9.13. The van der Waals surface area contributed by atoms with Crippen LogP contribution in [0.15, 0.2) is 0 Å². The predicted octanol–water partition coefficient (Wildman–Crippen LogP) is 2.07. The maximum atomic E-state index is 12.4. The Hall–Kier alpha value is -0.610. The van der Waals surface area contributed by atoms with Crippen LogP contribution in [-0.2, 0) is 9.53 Å². The Morgan fingerprint density at radius 2 is 2.05 bits per heavy atom. The van der Waals surface area contributed by atoms with E-state index in [0.717, 1.165) is 45.4 Å². The molecular weight excluding hydrogens is 240 g/mol. The van der Waals surface area contributed by atoms with E-state index >= 15 is 0 Å². The number of amides is 1. The van der Waals surface area contributed by atoms with Crippen molar-refractivity contribution in [1.82, 2.24) is 4.90 Å². The second-order valence-electron chi connectivity index (χ2n) is 6.16. The summed E-state index contributed by atoms with van der Waals surface area (Å²) in [5, 5.41) is 0. The zero-order valence-electron chi connectivity index (χ0n) is 12.2. The van der Waals surface area contributed by atoms with Crippen LogP contribution in [0.3, 0.4) is 0 Å². The molecule has 1 heterocycles. The van der Waals surface area contributed by atoms with E-state index in [0.29, 0.717) is 6.42 Å². The number of nitrogens with two attached hydrogens (primary N) is 1. The molecule has 1 saturated carbocycles. The van der Waals surface area contributed by atoms with Crippen LogP contribution in [0.4, 0.5) is 0 Å². The van der Waals surface area contributed by atoms with Gasteiger partial charge in [-0.05, 0) is 32.6 Å². The van der Waals surface area contributed by atoms with Gasteiger partial charge in [0.05, 0.1) is 6.10 Å². The quantitative estimate of drug-likeness (QED) is 0.849. The van der Waals surface area contributed by atoms with E-state index < -0.39 is 0 Å². The van der Waals surface area contributed by atoms with Gasteiger partial charge in [0.2, 0.25) is 5.91 Å². The first-order valence-electron chi connectivity index (χ1n) is 7.81. The van der Waals surface area contributed by atoms with Gasteiger partial charge in [-0.3, -0.25) is 4.79 Å². The molecule has 2 rings (SSSR count). The van der Waals surface area contributed by atoms with Crippen LogP contribution in [0.1, 0.15) is 58.3 Å². The lowest BCUT2D eigenvalue weighted by Crippen LogP contribution is -2.50. The average molecular weight is 268 g/mol. The third-order valence-electron chi connectivity index (χ3n) is 4.49. The number of nitrogens with zero attached hydrogens (tertiary/aromatic N) is 1. The number of hydrogen-bond donors (Lipinski definition) is 1. The molecule has 0 bridgehead atoms. The fourth-order valence-electron chi connectivity index (χ4n) is 3.38. The number of carbonyl (C=O) groups is 1. The Kier molecular flexibility index (Phi) is 5.22. The van der Waals surface area contributed by atoms with E-state index in [9.17, 15) is 4.79 Å². The van der Waals surface area contributed by atoms with E-state index in [1.54, 1.807) is 0 Å². The highest BCUT2D eigenvalue weighted by Gasteiger charge is 2.33.